The average molecular weight is 859 g/mol. The van der Waals surface area contributed by atoms with Gasteiger partial charge in [0.05, 0.1) is 11.7 Å². The second kappa shape index (κ2) is 14.4. The molecule has 0 spiro atoms. The van der Waals surface area contributed by atoms with Gasteiger partial charge in [-0.15, -0.1) is 0 Å². The maximum Gasteiger partial charge on any atom is 0.267 e. The summed E-state index contributed by atoms with van der Waals surface area (Å²) in [5.74, 6) is 1.02. The topological polar surface area (TPSA) is 15.7 Å². The Morgan fingerprint density at radius 1 is 0.569 bits per heavy atom. The minimum Gasteiger partial charge on any atom is -0.495 e. The summed E-state index contributed by atoms with van der Waals surface area (Å²) < 4.78 is 7.57. The monoisotopic (exact) mass is 859 g/mol. The van der Waals surface area contributed by atoms with Gasteiger partial charge >= 0.3 is 0 Å². The lowest BCUT2D eigenvalue weighted by atomic mass is 9.32. The van der Waals surface area contributed by atoms with Gasteiger partial charge in [0.2, 0.25) is 0 Å². The highest BCUT2D eigenvalue weighted by atomic mass is 16.5. The third-order valence-electron chi connectivity index (χ3n) is 15.9. The Morgan fingerprint density at radius 3 is 1.74 bits per heavy atom. The van der Waals surface area contributed by atoms with E-state index in [1.54, 1.807) is 0 Å². The fraction of sp³-hybridized carbons (Fsp3) is 0.410. The van der Waals surface area contributed by atoms with Crippen LogP contribution in [0.1, 0.15) is 159 Å². The van der Waals surface area contributed by atoms with Crippen molar-refractivity contribution in [1.29, 1.82) is 0 Å². The van der Waals surface area contributed by atoms with Crippen molar-refractivity contribution in [1.82, 2.24) is 0 Å². The molecule has 0 bridgehead atoms. The lowest BCUT2D eigenvalue weighted by molar-refractivity contribution is 0.282. The van der Waals surface area contributed by atoms with E-state index in [2.05, 4.69) is 224 Å². The van der Waals surface area contributed by atoms with Crippen LogP contribution in [0.2, 0.25) is 0 Å². The second-order valence-electron chi connectivity index (χ2n) is 24.7. The molecule has 1 aliphatic carbocycles. The molecule has 65 heavy (non-hydrogen) atoms. The Balaban J connectivity index is 1.32. The van der Waals surface area contributed by atoms with Gasteiger partial charge in [0.25, 0.3) is 6.71 Å². The predicted molar refractivity (Wildman–Crippen MR) is 279 cm³/mol. The molecule has 0 fully saturated rings. The molecule has 10 rings (SSSR count). The Morgan fingerprint density at radius 2 is 1.12 bits per heavy atom. The van der Waals surface area contributed by atoms with E-state index in [0.717, 1.165) is 12.2 Å². The molecule has 4 aliphatic rings. The summed E-state index contributed by atoms with van der Waals surface area (Å²) in [6, 6.07) is 40.8. The molecular formula is C61H71BN2O. The standard InChI is InChI=1S/C61H71BN2O/c1-36-30-50-54-51(31-36)64(49-35-46-45(60(13,14)28-29-61(46,15)16)34-44(49)53-37(2)18-17-19-38(53)3)48-27-23-40(58(7,8)9)32-47(48)62(54)56-55(43-26-22-41(59(10,11)12)33-52(43)65-56)63(50)42-24-20-39(21-25-42)57(4,5)6/h17-27,30-35,55-56H,28-29H2,1-16H3. The molecule has 4 heteroatoms. The van der Waals surface area contributed by atoms with Crippen molar-refractivity contribution in [3.63, 3.8) is 0 Å². The zero-order valence-electron chi connectivity index (χ0n) is 42.3. The van der Waals surface area contributed by atoms with Gasteiger partial charge in [-0.05, 0) is 170 Å². The van der Waals surface area contributed by atoms with E-state index >= 15 is 0 Å². The highest BCUT2D eigenvalue weighted by Crippen LogP contribution is 2.56. The zero-order chi connectivity index (χ0) is 46.5. The predicted octanol–water partition coefficient (Wildman–Crippen LogP) is 15.1. The molecule has 0 saturated carbocycles. The number of benzene rings is 6. The van der Waals surface area contributed by atoms with Gasteiger partial charge in [0.15, 0.2) is 0 Å². The van der Waals surface area contributed by atoms with Crippen LogP contribution in [0.4, 0.5) is 28.4 Å². The van der Waals surface area contributed by atoms with Crippen molar-refractivity contribution in [2.45, 2.75) is 163 Å². The largest absolute Gasteiger partial charge is 0.495 e. The first-order valence-electron chi connectivity index (χ1n) is 24.4. The lowest BCUT2D eigenvalue weighted by Gasteiger charge is -2.49. The molecule has 3 heterocycles. The number of hydrogen-bond donors (Lipinski definition) is 0. The summed E-state index contributed by atoms with van der Waals surface area (Å²) in [7, 11) is 0. The van der Waals surface area contributed by atoms with E-state index in [-0.39, 0.29) is 45.8 Å². The van der Waals surface area contributed by atoms with Crippen molar-refractivity contribution < 1.29 is 4.74 Å². The number of hydrogen-bond acceptors (Lipinski definition) is 3. The molecule has 0 N–H and O–H groups in total. The van der Waals surface area contributed by atoms with Crippen LogP contribution >= 0.6 is 0 Å². The molecule has 0 amide bonds. The van der Waals surface area contributed by atoms with E-state index < -0.39 is 0 Å². The van der Waals surface area contributed by atoms with Crippen LogP contribution in [0.3, 0.4) is 0 Å². The highest BCUT2D eigenvalue weighted by molar-refractivity contribution is 6.91. The van der Waals surface area contributed by atoms with Crippen LogP contribution in [0.5, 0.6) is 5.75 Å². The fourth-order valence-corrected chi connectivity index (χ4v) is 11.9. The van der Waals surface area contributed by atoms with Crippen molar-refractivity contribution in [2.24, 2.45) is 0 Å². The summed E-state index contributed by atoms with van der Waals surface area (Å²) >= 11 is 0. The molecule has 6 aromatic rings. The summed E-state index contributed by atoms with van der Waals surface area (Å²) in [5.41, 5.74) is 23.8. The molecule has 6 aromatic carbocycles. The van der Waals surface area contributed by atoms with Gasteiger partial charge in [-0.2, -0.15) is 0 Å². The molecule has 0 aromatic heterocycles. The quantitative estimate of drug-likeness (QED) is 0.165. The lowest BCUT2D eigenvalue weighted by Crippen LogP contribution is -2.65. The molecule has 2 unspecified atom stereocenters. The first-order chi connectivity index (χ1) is 30.3. The van der Waals surface area contributed by atoms with Crippen LogP contribution in [-0.2, 0) is 27.1 Å². The van der Waals surface area contributed by atoms with Gasteiger partial charge in [0.1, 0.15) is 11.8 Å². The normalized spacial score (nSPS) is 19.2. The first kappa shape index (κ1) is 43.7. The fourth-order valence-electron chi connectivity index (χ4n) is 11.9. The van der Waals surface area contributed by atoms with Gasteiger partial charge in [-0.1, -0.05) is 145 Å². The minimum absolute atomic E-state index is 0.00670. The average Bonchev–Trinajstić information content (AvgIpc) is 3.60. The van der Waals surface area contributed by atoms with E-state index in [0.29, 0.717) is 0 Å². The Labute approximate surface area is 391 Å². The molecule has 334 valence electrons. The summed E-state index contributed by atoms with van der Waals surface area (Å²) in [6.07, 6.45) is 2.33. The maximum absolute atomic E-state index is 7.57. The molecule has 0 radical (unpaired) electrons. The van der Waals surface area contributed by atoms with E-state index in [1.807, 2.05) is 0 Å². The van der Waals surface area contributed by atoms with Crippen molar-refractivity contribution >= 4 is 46.1 Å². The number of rotatable bonds is 3. The Bertz CT molecular complexity index is 2890. The molecule has 3 nitrogen and oxygen atoms in total. The van der Waals surface area contributed by atoms with Gasteiger partial charge in [-0.3, -0.25) is 0 Å². The Hall–Kier alpha value is -5.22. The smallest absolute Gasteiger partial charge is 0.267 e. The highest BCUT2D eigenvalue weighted by Gasteiger charge is 2.56. The molecule has 0 saturated heterocycles. The molecule has 3 aliphatic heterocycles. The third kappa shape index (κ3) is 6.90. The number of aryl methyl sites for hydroxylation is 3. The summed E-state index contributed by atoms with van der Waals surface area (Å²) in [6.45, 7) is 37.7. The zero-order valence-corrected chi connectivity index (χ0v) is 42.3. The van der Waals surface area contributed by atoms with Crippen LogP contribution < -0.4 is 25.5 Å². The SMILES string of the molecule is Cc1cc2c3c(c1)N(c1ccc(C(C)(C)C)cc1)C1c4ccc(C(C)(C)C)cc4OC1B3c1cc(C(C)(C)C)ccc1N2c1cc2c(cc1-c1c(C)cccc1C)C(C)(C)CCC2(C)C. The van der Waals surface area contributed by atoms with E-state index in [9.17, 15) is 0 Å². The number of ether oxygens (including phenoxy) is 1. The molecular weight excluding hydrogens is 787 g/mol. The van der Waals surface area contributed by atoms with Gasteiger partial charge in [0, 0.05) is 33.9 Å². The second-order valence-corrected chi connectivity index (χ2v) is 24.7. The van der Waals surface area contributed by atoms with E-state index in [4.69, 9.17) is 4.74 Å². The van der Waals surface area contributed by atoms with Crippen LogP contribution in [0.25, 0.3) is 11.1 Å². The summed E-state index contributed by atoms with van der Waals surface area (Å²) in [5, 5.41) is 0. The third-order valence-corrected chi connectivity index (χ3v) is 15.9. The number of nitrogens with zero attached hydrogens (tertiary/aromatic N) is 2. The van der Waals surface area contributed by atoms with Crippen LogP contribution in [0.15, 0.2) is 103 Å². The van der Waals surface area contributed by atoms with Crippen molar-refractivity contribution in [3.05, 3.63) is 153 Å². The van der Waals surface area contributed by atoms with Crippen molar-refractivity contribution in [2.75, 3.05) is 9.80 Å². The Kier molecular flexibility index (Phi) is 9.67. The van der Waals surface area contributed by atoms with Crippen LogP contribution in [-0.4, -0.2) is 12.7 Å². The minimum atomic E-state index is -0.158. The van der Waals surface area contributed by atoms with E-state index in [1.165, 1.54) is 107 Å². The maximum atomic E-state index is 7.57. The first-order valence-corrected chi connectivity index (χ1v) is 24.4. The number of fused-ring (bicyclic) bond motifs is 7. The van der Waals surface area contributed by atoms with Gasteiger partial charge in [-0.25, -0.2) is 0 Å². The van der Waals surface area contributed by atoms with Gasteiger partial charge < -0.3 is 14.5 Å². The van der Waals surface area contributed by atoms with Crippen LogP contribution in [0, 0.1) is 20.8 Å². The summed E-state index contributed by atoms with van der Waals surface area (Å²) in [4.78, 5) is 5.34. The number of anilines is 5. The van der Waals surface area contributed by atoms with Crippen molar-refractivity contribution in [3.8, 4) is 16.9 Å². The molecule has 2 atom stereocenters.